The first-order valence-electron chi connectivity index (χ1n) is 5.22. The van der Waals surface area contributed by atoms with Gasteiger partial charge < -0.3 is 15.2 Å². The van der Waals surface area contributed by atoms with E-state index in [1.807, 2.05) is 11.3 Å². The van der Waals surface area contributed by atoms with Crippen LogP contribution in [0.4, 0.5) is 0 Å². The summed E-state index contributed by atoms with van der Waals surface area (Å²) in [7, 11) is 0. The summed E-state index contributed by atoms with van der Waals surface area (Å²) < 4.78 is 5.18. The van der Waals surface area contributed by atoms with Gasteiger partial charge in [0, 0.05) is 16.3 Å². The highest BCUT2D eigenvalue weighted by Gasteiger charge is 2.25. The molecule has 0 radical (unpaired) electrons. The lowest BCUT2D eigenvalue weighted by Gasteiger charge is -2.13. The van der Waals surface area contributed by atoms with E-state index in [2.05, 4.69) is 25.2 Å². The van der Waals surface area contributed by atoms with Crippen LogP contribution in [0.15, 0.2) is 6.07 Å². The summed E-state index contributed by atoms with van der Waals surface area (Å²) in [6.07, 6.45) is -0.354. The molecule has 0 amide bonds. The van der Waals surface area contributed by atoms with E-state index in [1.54, 1.807) is 0 Å². The normalized spacial score (nSPS) is 26.1. The number of rotatable bonds is 3. The van der Waals surface area contributed by atoms with Crippen LogP contribution >= 0.6 is 11.3 Å². The lowest BCUT2D eigenvalue weighted by molar-refractivity contribution is 0.122. The molecule has 15 heavy (non-hydrogen) atoms. The number of aliphatic hydroxyl groups excluding tert-OH is 1. The molecule has 0 bridgehead atoms. The molecule has 0 aromatic carbocycles. The molecule has 2 heterocycles. The van der Waals surface area contributed by atoms with Crippen LogP contribution in [0.25, 0.3) is 0 Å². The van der Waals surface area contributed by atoms with Crippen molar-refractivity contribution in [3.05, 3.63) is 21.4 Å². The molecule has 0 saturated carbocycles. The molecular formula is C11H17NO2S. The predicted octanol–water partition coefficient (Wildman–Crippen LogP) is 1.21. The minimum absolute atomic E-state index is 0.0905. The summed E-state index contributed by atoms with van der Waals surface area (Å²) in [5.74, 6) is 0. The van der Waals surface area contributed by atoms with Crippen molar-refractivity contribution in [1.82, 2.24) is 5.32 Å². The van der Waals surface area contributed by atoms with Gasteiger partial charge >= 0.3 is 0 Å². The Kier molecular flexibility index (Phi) is 3.41. The Morgan fingerprint density at radius 1 is 1.53 bits per heavy atom. The predicted molar refractivity (Wildman–Crippen MR) is 61.2 cm³/mol. The van der Waals surface area contributed by atoms with Gasteiger partial charge in [-0.1, -0.05) is 0 Å². The molecule has 2 atom stereocenters. The topological polar surface area (TPSA) is 41.5 Å². The summed E-state index contributed by atoms with van der Waals surface area (Å²) in [6, 6.07) is 2.29. The lowest BCUT2D eigenvalue weighted by atomic mass is 10.2. The molecule has 3 nitrogen and oxygen atoms in total. The number of aryl methyl sites for hydroxylation is 2. The molecule has 0 spiro atoms. The number of hydrogen-bond donors (Lipinski definition) is 2. The molecule has 1 aliphatic heterocycles. The van der Waals surface area contributed by atoms with Gasteiger partial charge in [0.25, 0.3) is 0 Å². The second-order valence-corrected chi connectivity index (χ2v) is 5.38. The number of ether oxygens (including phenoxy) is 1. The largest absolute Gasteiger partial charge is 0.389 e. The standard InChI is InChI=1S/C11H17NO2S/c1-7-3-9(15-8(7)2)4-12-10-5-14-6-11(10)13/h3,10-13H,4-6H2,1-2H3. The van der Waals surface area contributed by atoms with Crippen LogP contribution < -0.4 is 5.32 Å². The van der Waals surface area contributed by atoms with E-state index in [0.29, 0.717) is 13.2 Å². The van der Waals surface area contributed by atoms with Gasteiger partial charge in [-0.3, -0.25) is 0 Å². The van der Waals surface area contributed by atoms with Crippen molar-refractivity contribution in [1.29, 1.82) is 0 Å². The van der Waals surface area contributed by atoms with Gasteiger partial charge in [-0.25, -0.2) is 0 Å². The molecule has 84 valence electrons. The van der Waals surface area contributed by atoms with Crippen LogP contribution in [-0.4, -0.2) is 30.5 Å². The van der Waals surface area contributed by atoms with E-state index in [4.69, 9.17) is 4.74 Å². The first-order valence-corrected chi connectivity index (χ1v) is 6.03. The second kappa shape index (κ2) is 4.61. The average molecular weight is 227 g/mol. The molecule has 0 aliphatic carbocycles. The van der Waals surface area contributed by atoms with Gasteiger partial charge in [0.2, 0.25) is 0 Å². The van der Waals surface area contributed by atoms with Gasteiger partial charge in [0.05, 0.1) is 25.4 Å². The van der Waals surface area contributed by atoms with Crippen molar-refractivity contribution in [2.75, 3.05) is 13.2 Å². The van der Waals surface area contributed by atoms with Gasteiger partial charge in [-0.15, -0.1) is 11.3 Å². The Labute approximate surface area is 94.1 Å². The smallest absolute Gasteiger partial charge is 0.0948 e. The zero-order valence-electron chi connectivity index (χ0n) is 9.12. The van der Waals surface area contributed by atoms with Crippen molar-refractivity contribution in [2.45, 2.75) is 32.5 Å². The lowest BCUT2D eigenvalue weighted by Crippen LogP contribution is -2.38. The van der Waals surface area contributed by atoms with E-state index in [-0.39, 0.29) is 12.1 Å². The fourth-order valence-electron chi connectivity index (χ4n) is 1.71. The van der Waals surface area contributed by atoms with E-state index >= 15 is 0 Å². The molecule has 1 aliphatic rings. The summed E-state index contributed by atoms with van der Waals surface area (Å²) >= 11 is 1.81. The molecule has 1 fully saturated rings. The fourth-order valence-corrected chi connectivity index (χ4v) is 2.71. The minimum Gasteiger partial charge on any atom is -0.389 e. The number of nitrogens with one attached hydrogen (secondary N) is 1. The monoisotopic (exact) mass is 227 g/mol. The van der Waals surface area contributed by atoms with Crippen molar-refractivity contribution in [3.8, 4) is 0 Å². The molecule has 4 heteroatoms. The van der Waals surface area contributed by atoms with Crippen LogP contribution in [0.5, 0.6) is 0 Å². The van der Waals surface area contributed by atoms with E-state index < -0.39 is 0 Å². The molecule has 2 rings (SSSR count). The van der Waals surface area contributed by atoms with Crippen LogP contribution in [0, 0.1) is 13.8 Å². The van der Waals surface area contributed by atoms with Crippen LogP contribution in [0.1, 0.15) is 15.3 Å². The molecule has 2 N–H and O–H groups in total. The SMILES string of the molecule is Cc1cc(CNC2COCC2O)sc1C. The minimum atomic E-state index is -0.354. The van der Waals surface area contributed by atoms with Crippen molar-refractivity contribution in [2.24, 2.45) is 0 Å². The number of hydrogen-bond acceptors (Lipinski definition) is 4. The third-order valence-corrected chi connectivity index (χ3v) is 3.96. The maximum Gasteiger partial charge on any atom is 0.0948 e. The van der Waals surface area contributed by atoms with Crippen LogP contribution in [0.2, 0.25) is 0 Å². The van der Waals surface area contributed by atoms with Crippen molar-refractivity contribution < 1.29 is 9.84 Å². The first-order chi connectivity index (χ1) is 7.16. The number of aliphatic hydroxyl groups is 1. The van der Waals surface area contributed by atoms with Gasteiger partial charge in [-0.05, 0) is 25.5 Å². The van der Waals surface area contributed by atoms with Crippen LogP contribution in [0.3, 0.4) is 0 Å². The van der Waals surface area contributed by atoms with E-state index in [0.717, 1.165) is 6.54 Å². The first kappa shape index (κ1) is 11.1. The summed E-state index contributed by atoms with van der Waals surface area (Å²) in [6.45, 7) is 6.16. The third kappa shape index (κ3) is 2.58. The molecule has 1 saturated heterocycles. The Bertz CT molecular complexity index is 318. The Morgan fingerprint density at radius 3 is 2.87 bits per heavy atom. The summed E-state index contributed by atoms with van der Waals surface area (Å²) in [5, 5.41) is 12.9. The van der Waals surface area contributed by atoms with Crippen molar-refractivity contribution >= 4 is 11.3 Å². The Hall–Kier alpha value is -0.420. The molecular weight excluding hydrogens is 210 g/mol. The highest BCUT2D eigenvalue weighted by molar-refractivity contribution is 7.12. The summed E-state index contributed by atoms with van der Waals surface area (Å²) in [4.78, 5) is 2.69. The van der Waals surface area contributed by atoms with E-state index in [9.17, 15) is 5.11 Å². The molecule has 1 aromatic heterocycles. The van der Waals surface area contributed by atoms with E-state index in [1.165, 1.54) is 15.3 Å². The molecule has 1 aromatic rings. The maximum absolute atomic E-state index is 9.54. The number of thiophene rings is 1. The zero-order chi connectivity index (χ0) is 10.8. The van der Waals surface area contributed by atoms with Crippen LogP contribution in [-0.2, 0) is 11.3 Å². The average Bonchev–Trinajstić information content (AvgIpc) is 2.72. The Balaban J connectivity index is 1.87. The van der Waals surface area contributed by atoms with Gasteiger partial charge in [0.1, 0.15) is 0 Å². The highest BCUT2D eigenvalue weighted by atomic mass is 32.1. The fraction of sp³-hybridized carbons (Fsp3) is 0.636. The highest BCUT2D eigenvalue weighted by Crippen LogP contribution is 2.20. The van der Waals surface area contributed by atoms with Crippen molar-refractivity contribution in [3.63, 3.8) is 0 Å². The molecule has 2 unspecified atom stereocenters. The zero-order valence-corrected chi connectivity index (χ0v) is 9.93. The Morgan fingerprint density at radius 2 is 2.33 bits per heavy atom. The second-order valence-electron chi connectivity index (χ2n) is 4.04. The maximum atomic E-state index is 9.54. The third-order valence-electron chi connectivity index (χ3n) is 2.81. The summed E-state index contributed by atoms with van der Waals surface area (Å²) in [5.41, 5.74) is 1.35. The quantitative estimate of drug-likeness (QED) is 0.815. The van der Waals surface area contributed by atoms with Gasteiger partial charge in [0.15, 0.2) is 0 Å². The van der Waals surface area contributed by atoms with Gasteiger partial charge in [-0.2, -0.15) is 0 Å².